The number of aromatic nitrogens is 2. The molecule has 10 heteroatoms. The van der Waals surface area contributed by atoms with Crippen LogP contribution in [0, 0.1) is 40.9 Å². The van der Waals surface area contributed by atoms with Crippen LogP contribution in [0.4, 0.5) is 17.2 Å². The van der Waals surface area contributed by atoms with Crippen LogP contribution in [0.2, 0.25) is 0 Å². The molecular formula is C23H26N8O2. The van der Waals surface area contributed by atoms with Crippen LogP contribution < -0.4 is 4.90 Å². The van der Waals surface area contributed by atoms with Crippen molar-refractivity contribution in [3.05, 3.63) is 35.0 Å². The lowest BCUT2D eigenvalue weighted by molar-refractivity contribution is -0.142. The third kappa shape index (κ3) is 6.62. The Hall–Kier alpha value is -4.23. The molecule has 0 atom stereocenters. The summed E-state index contributed by atoms with van der Waals surface area (Å²) >= 11 is 0. The highest BCUT2D eigenvalue weighted by molar-refractivity contribution is 5.70. The van der Waals surface area contributed by atoms with E-state index in [0.29, 0.717) is 25.3 Å². The summed E-state index contributed by atoms with van der Waals surface area (Å²) in [6, 6.07) is 11.3. The van der Waals surface area contributed by atoms with Crippen LogP contribution in [0.1, 0.15) is 49.9 Å². The van der Waals surface area contributed by atoms with Crippen LogP contribution in [0.15, 0.2) is 28.4 Å². The van der Waals surface area contributed by atoms with E-state index in [2.05, 4.69) is 27.2 Å². The Labute approximate surface area is 193 Å². The number of anilines is 1. The highest BCUT2D eigenvalue weighted by atomic mass is 16.5. The quantitative estimate of drug-likeness (QED) is 0.367. The number of hydrogen-bond acceptors (Lipinski definition) is 9. The van der Waals surface area contributed by atoms with Crippen LogP contribution in [0.3, 0.4) is 0 Å². The first-order valence-corrected chi connectivity index (χ1v) is 10.7. The molecule has 0 amide bonds. The number of unbranched alkanes of at least 4 members (excludes halogenated alkanes) is 1. The SMILES string of the molecule is CCCCN(CCC(=O)OCC)c1ccc(N=Nc2c(C#N)c(C#N)nn2CC#N)c(C)c1. The largest absolute Gasteiger partial charge is 0.466 e. The lowest BCUT2D eigenvalue weighted by Crippen LogP contribution is -2.27. The Balaban J connectivity index is 2.29. The monoisotopic (exact) mass is 446 g/mol. The van der Waals surface area contributed by atoms with Gasteiger partial charge in [0.2, 0.25) is 0 Å². The minimum atomic E-state index is -0.222. The molecule has 0 radical (unpaired) electrons. The van der Waals surface area contributed by atoms with E-state index in [0.717, 1.165) is 30.6 Å². The Bertz CT molecular complexity index is 1130. The van der Waals surface area contributed by atoms with Crippen molar-refractivity contribution < 1.29 is 9.53 Å². The number of carbonyl (C=O) groups is 1. The molecule has 0 saturated heterocycles. The Morgan fingerprint density at radius 1 is 1.18 bits per heavy atom. The van der Waals surface area contributed by atoms with Gasteiger partial charge >= 0.3 is 5.97 Å². The third-order valence-corrected chi connectivity index (χ3v) is 4.83. The molecule has 0 fully saturated rings. The van der Waals surface area contributed by atoms with Crippen LogP contribution in [-0.2, 0) is 16.1 Å². The van der Waals surface area contributed by atoms with E-state index in [9.17, 15) is 15.3 Å². The molecule has 2 aromatic rings. The molecule has 10 nitrogen and oxygen atoms in total. The lowest BCUT2D eigenvalue weighted by Gasteiger charge is -2.25. The fourth-order valence-electron chi connectivity index (χ4n) is 3.14. The van der Waals surface area contributed by atoms with Crippen molar-refractivity contribution in [3.63, 3.8) is 0 Å². The molecule has 0 aliphatic rings. The predicted molar refractivity (Wildman–Crippen MR) is 121 cm³/mol. The number of benzene rings is 1. The molecular weight excluding hydrogens is 420 g/mol. The number of esters is 1. The standard InChI is InChI=1S/C23H26N8O2/c1-4-6-11-30(12-9-22(32)33-5-2)18-7-8-20(17(3)14-18)27-28-23-19(15-25)21(16-26)29-31(23)13-10-24/h7-8,14H,4-6,9,11-13H2,1-3H3. The molecule has 0 aliphatic heterocycles. The molecule has 1 aromatic heterocycles. The fraction of sp³-hybridized carbons (Fsp3) is 0.435. The van der Waals surface area contributed by atoms with Gasteiger partial charge in [-0.25, -0.2) is 4.68 Å². The maximum absolute atomic E-state index is 11.8. The first-order chi connectivity index (χ1) is 16.0. The van der Waals surface area contributed by atoms with Crippen LogP contribution in [-0.4, -0.2) is 35.4 Å². The Kier molecular flexibility index (Phi) is 9.55. The second-order valence-corrected chi connectivity index (χ2v) is 7.15. The van der Waals surface area contributed by atoms with Crippen LogP contribution in [0.25, 0.3) is 0 Å². The van der Waals surface area contributed by atoms with Gasteiger partial charge in [-0.15, -0.1) is 10.2 Å². The van der Waals surface area contributed by atoms with Crippen LogP contribution >= 0.6 is 0 Å². The van der Waals surface area contributed by atoms with Gasteiger partial charge in [-0.2, -0.15) is 20.9 Å². The summed E-state index contributed by atoms with van der Waals surface area (Å²) in [5, 5.41) is 39.9. The van der Waals surface area contributed by atoms with E-state index in [1.165, 1.54) is 4.68 Å². The summed E-state index contributed by atoms with van der Waals surface area (Å²) in [6.07, 6.45) is 2.33. The Morgan fingerprint density at radius 3 is 2.58 bits per heavy atom. The maximum Gasteiger partial charge on any atom is 0.307 e. The zero-order valence-corrected chi connectivity index (χ0v) is 19.1. The van der Waals surface area contributed by atoms with Gasteiger partial charge in [-0.1, -0.05) is 13.3 Å². The smallest absolute Gasteiger partial charge is 0.307 e. The minimum absolute atomic E-state index is 0.0181. The molecule has 0 saturated carbocycles. The molecule has 0 spiro atoms. The summed E-state index contributed by atoms with van der Waals surface area (Å²) in [7, 11) is 0. The number of carbonyl (C=O) groups excluding carboxylic acids is 1. The minimum Gasteiger partial charge on any atom is -0.466 e. The first kappa shape index (κ1) is 25.0. The summed E-state index contributed by atoms with van der Waals surface area (Å²) in [5.74, 6) is -0.154. The molecule has 0 N–H and O–H groups in total. The van der Waals surface area contributed by atoms with E-state index in [-0.39, 0.29) is 29.6 Å². The second-order valence-electron chi connectivity index (χ2n) is 7.15. The molecule has 0 bridgehead atoms. The number of azo groups is 1. The zero-order chi connectivity index (χ0) is 24.2. The summed E-state index contributed by atoms with van der Waals surface area (Å²) < 4.78 is 6.23. The summed E-state index contributed by atoms with van der Waals surface area (Å²) in [4.78, 5) is 13.9. The van der Waals surface area contributed by atoms with E-state index < -0.39 is 0 Å². The van der Waals surface area contributed by atoms with Crippen molar-refractivity contribution in [3.8, 4) is 18.2 Å². The molecule has 1 aromatic carbocycles. The fourth-order valence-corrected chi connectivity index (χ4v) is 3.14. The van der Waals surface area contributed by atoms with Gasteiger partial charge in [0.25, 0.3) is 0 Å². The maximum atomic E-state index is 11.8. The van der Waals surface area contributed by atoms with Gasteiger partial charge < -0.3 is 9.64 Å². The Morgan fingerprint density at radius 2 is 1.97 bits per heavy atom. The average Bonchev–Trinajstić information content (AvgIpc) is 3.15. The zero-order valence-electron chi connectivity index (χ0n) is 19.1. The number of hydrogen-bond donors (Lipinski definition) is 0. The molecule has 33 heavy (non-hydrogen) atoms. The third-order valence-electron chi connectivity index (χ3n) is 4.83. The number of nitrogens with zero attached hydrogens (tertiary/aromatic N) is 8. The highest BCUT2D eigenvalue weighted by Crippen LogP contribution is 2.29. The normalized spacial score (nSPS) is 10.4. The summed E-state index contributed by atoms with van der Waals surface area (Å²) in [5.41, 5.74) is 2.27. The van der Waals surface area contributed by atoms with Gasteiger partial charge in [-0.05, 0) is 44.0 Å². The van der Waals surface area contributed by atoms with Gasteiger partial charge in [0.15, 0.2) is 11.5 Å². The molecule has 1 heterocycles. The summed E-state index contributed by atoms with van der Waals surface area (Å²) in [6.45, 7) is 7.36. The van der Waals surface area contributed by atoms with Gasteiger partial charge in [0, 0.05) is 18.8 Å². The lowest BCUT2D eigenvalue weighted by atomic mass is 10.1. The van der Waals surface area contributed by atoms with E-state index in [1.54, 1.807) is 13.0 Å². The van der Waals surface area contributed by atoms with E-state index >= 15 is 0 Å². The molecule has 0 aliphatic carbocycles. The highest BCUT2D eigenvalue weighted by Gasteiger charge is 2.18. The van der Waals surface area contributed by atoms with Gasteiger partial charge in [0.05, 0.1) is 24.8 Å². The molecule has 2 rings (SSSR count). The van der Waals surface area contributed by atoms with E-state index in [1.807, 2.05) is 37.3 Å². The van der Waals surface area contributed by atoms with Gasteiger partial charge in [-0.3, -0.25) is 4.79 Å². The van der Waals surface area contributed by atoms with E-state index in [4.69, 9.17) is 10.00 Å². The van der Waals surface area contributed by atoms with Crippen molar-refractivity contribution in [2.75, 3.05) is 24.6 Å². The number of aryl methyl sites for hydroxylation is 1. The topological polar surface area (TPSA) is 143 Å². The predicted octanol–water partition coefficient (Wildman–Crippen LogP) is 4.43. The molecule has 170 valence electrons. The van der Waals surface area contributed by atoms with Crippen molar-refractivity contribution in [2.24, 2.45) is 10.2 Å². The first-order valence-electron chi connectivity index (χ1n) is 10.7. The van der Waals surface area contributed by atoms with Gasteiger partial charge in [0.1, 0.15) is 24.2 Å². The number of nitriles is 3. The van der Waals surface area contributed by atoms with Crippen molar-refractivity contribution in [1.82, 2.24) is 9.78 Å². The average molecular weight is 447 g/mol. The molecule has 0 unspecified atom stereocenters. The van der Waals surface area contributed by atoms with Crippen molar-refractivity contribution in [1.29, 1.82) is 15.8 Å². The van der Waals surface area contributed by atoms with Crippen LogP contribution in [0.5, 0.6) is 0 Å². The second kappa shape index (κ2) is 12.6. The number of ether oxygens (including phenoxy) is 1. The van der Waals surface area contributed by atoms with Crippen molar-refractivity contribution >= 4 is 23.2 Å². The van der Waals surface area contributed by atoms with Crippen molar-refractivity contribution in [2.45, 2.75) is 46.6 Å². The number of rotatable bonds is 11.